The molecular formula is C14H17ClF2N2O. The Morgan fingerprint density at radius 1 is 1.10 bits per heavy atom. The maximum absolute atomic E-state index is 13.8. The van der Waals surface area contributed by atoms with Crippen LogP contribution >= 0.6 is 12.4 Å². The molecule has 0 atom stereocenters. The lowest BCUT2D eigenvalue weighted by Crippen LogP contribution is -2.43. The molecule has 0 unspecified atom stereocenters. The number of carbonyl (C=O) groups is 1. The first-order valence-corrected chi connectivity index (χ1v) is 6.61. The first-order chi connectivity index (χ1) is 9.14. The summed E-state index contributed by atoms with van der Waals surface area (Å²) in [5.41, 5.74) is -0.608. The molecule has 0 bridgehead atoms. The third-order valence-electron chi connectivity index (χ3n) is 4.28. The second kappa shape index (κ2) is 5.66. The fraction of sp³-hybridized carbons (Fsp3) is 0.500. The molecule has 3 nitrogen and oxygen atoms in total. The zero-order chi connectivity index (χ0) is 13.5. The number of piperidine rings is 1. The Labute approximate surface area is 122 Å². The van der Waals surface area contributed by atoms with E-state index in [2.05, 4.69) is 5.32 Å². The van der Waals surface area contributed by atoms with Gasteiger partial charge in [0.2, 0.25) is 5.91 Å². The standard InChI is InChI=1S/C14H16F2N2O.ClH/c15-10-2-1-3-11(16)12(10)18-9-6-14(13(18)19)4-7-17-8-5-14;/h1-3,17H,4-9H2;1H. The molecule has 2 fully saturated rings. The molecule has 0 saturated carbocycles. The van der Waals surface area contributed by atoms with Crippen LogP contribution in [0.25, 0.3) is 0 Å². The molecule has 1 spiro atoms. The highest BCUT2D eigenvalue weighted by molar-refractivity contribution is 6.00. The highest BCUT2D eigenvalue weighted by Gasteiger charge is 2.48. The van der Waals surface area contributed by atoms with E-state index in [9.17, 15) is 13.6 Å². The average molecular weight is 303 g/mol. The summed E-state index contributed by atoms with van der Waals surface area (Å²) in [5.74, 6) is -1.46. The molecule has 1 aromatic rings. The summed E-state index contributed by atoms with van der Waals surface area (Å²) in [6, 6.07) is 3.70. The molecular weight excluding hydrogens is 286 g/mol. The van der Waals surface area contributed by atoms with Gasteiger partial charge < -0.3 is 10.2 Å². The van der Waals surface area contributed by atoms with Crippen LogP contribution in [0.2, 0.25) is 0 Å². The lowest BCUT2D eigenvalue weighted by atomic mass is 9.78. The number of para-hydroxylation sites is 1. The van der Waals surface area contributed by atoms with Gasteiger partial charge in [-0.25, -0.2) is 8.78 Å². The molecule has 2 aliphatic heterocycles. The van der Waals surface area contributed by atoms with Gasteiger partial charge in [0.1, 0.15) is 17.3 Å². The third-order valence-corrected chi connectivity index (χ3v) is 4.28. The first kappa shape index (κ1) is 15.2. The van der Waals surface area contributed by atoms with Crippen LogP contribution in [0.4, 0.5) is 14.5 Å². The second-order valence-electron chi connectivity index (χ2n) is 5.31. The van der Waals surface area contributed by atoms with Crippen molar-refractivity contribution in [2.75, 3.05) is 24.5 Å². The van der Waals surface area contributed by atoms with E-state index in [1.807, 2.05) is 0 Å². The molecule has 20 heavy (non-hydrogen) atoms. The minimum absolute atomic E-state index is 0. The van der Waals surface area contributed by atoms with Gasteiger partial charge in [-0.1, -0.05) is 6.07 Å². The summed E-state index contributed by atoms with van der Waals surface area (Å²) >= 11 is 0. The zero-order valence-electron chi connectivity index (χ0n) is 11.0. The minimum Gasteiger partial charge on any atom is -0.317 e. The minimum atomic E-state index is -0.667. The molecule has 2 saturated heterocycles. The number of hydrogen-bond donors (Lipinski definition) is 1. The summed E-state index contributed by atoms with van der Waals surface area (Å²) in [5, 5.41) is 3.21. The summed E-state index contributed by atoms with van der Waals surface area (Å²) in [7, 11) is 0. The van der Waals surface area contributed by atoms with Gasteiger partial charge in [0.15, 0.2) is 0 Å². The topological polar surface area (TPSA) is 32.3 Å². The van der Waals surface area contributed by atoms with Gasteiger partial charge >= 0.3 is 0 Å². The molecule has 2 aliphatic rings. The monoisotopic (exact) mass is 302 g/mol. The number of hydrogen-bond acceptors (Lipinski definition) is 2. The smallest absolute Gasteiger partial charge is 0.233 e. The van der Waals surface area contributed by atoms with Crippen LogP contribution in [0.1, 0.15) is 19.3 Å². The Kier molecular flexibility index (Phi) is 4.30. The molecule has 1 N–H and O–H groups in total. The molecule has 0 radical (unpaired) electrons. The van der Waals surface area contributed by atoms with Crippen molar-refractivity contribution in [1.29, 1.82) is 0 Å². The van der Waals surface area contributed by atoms with E-state index in [-0.39, 0.29) is 24.0 Å². The number of nitrogens with zero attached hydrogens (tertiary/aromatic N) is 1. The van der Waals surface area contributed by atoms with E-state index in [1.54, 1.807) is 0 Å². The highest BCUT2D eigenvalue weighted by Crippen LogP contribution is 2.42. The molecule has 1 aromatic carbocycles. The van der Waals surface area contributed by atoms with Gasteiger partial charge in [-0.3, -0.25) is 4.79 Å². The Bertz CT molecular complexity index is 498. The van der Waals surface area contributed by atoms with E-state index in [0.717, 1.165) is 25.9 Å². The van der Waals surface area contributed by atoms with Gasteiger partial charge in [0.05, 0.1) is 5.41 Å². The van der Waals surface area contributed by atoms with Crippen molar-refractivity contribution >= 4 is 24.0 Å². The Hall–Kier alpha value is -1.20. The number of benzene rings is 1. The fourth-order valence-corrected chi connectivity index (χ4v) is 3.15. The summed E-state index contributed by atoms with van der Waals surface area (Å²) in [6.45, 7) is 1.98. The normalized spacial score (nSPS) is 21.1. The van der Waals surface area contributed by atoms with Crippen molar-refractivity contribution in [1.82, 2.24) is 5.32 Å². The average Bonchev–Trinajstić information content (AvgIpc) is 2.69. The largest absolute Gasteiger partial charge is 0.317 e. The van der Waals surface area contributed by atoms with Crippen molar-refractivity contribution in [3.05, 3.63) is 29.8 Å². The van der Waals surface area contributed by atoms with Crippen LogP contribution in [0.15, 0.2) is 18.2 Å². The third kappa shape index (κ3) is 2.29. The Morgan fingerprint density at radius 2 is 1.70 bits per heavy atom. The van der Waals surface area contributed by atoms with Crippen molar-refractivity contribution in [2.24, 2.45) is 5.41 Å². The van der Waals surface area contributed by atoms with Gasteiger partial charge in [-0.2, -0.15) is 0 Å². The zero-order valence-corrected chi connectivity index (χ0v) is 11.8. The summed E-state index contributed by atoms with van der Waals surface area (Å²) in [4.78, 5) is 13.8. The molecule has 110 valence electrons. The predicted molar refractivity (Wildman–Crippen MR) is 75.1 cm³/mol. The fourth-order valence-electron chi connectivity index (χ4n) is 3.15. The maximum atomic E-state index is 13.8. The molecule has 2 heterocycles. The van der Waals surface area contributed by atoms with Gasteiger partial charge in [-0.05, 0) is 44.5 Å². The second-order valence-corrected chi connectivity index (χ2v) is 5.31. The molecule has 1 amide bonds. The number of anilines is 1. The summed E-state index contributed by atoms with van der Waals surface area (Å²) in [6.07, 6.45) is 2.18. The number of carbonyl (C=O) groups excluding carboxylic acids is 1. The SMILES string of the molecule is Cl.O=C1N(c2c(F)cccc2F)CCC12CCNCC2. The molecule has 3 rings (SSSR count). The number of halogens is 3. The van der Waals surface area contributed by atoms with E-state index < -0.39 is 17.0 Å². The number of rotatable bonds is 1. The van der Waals surface area contributed by atoms with Crippen molar-refractivity contribution in [2.45, 2.75) is 19.3 Å². The Morgan fingerprint density at radius 3 is 2.30 bits per heavy atom. The number of amides is 1. The Balaban J connectivity index is 0.00000147. The van der Waals surface area contributed by atoms with Crippen LogP contribution in [-0.2, 0) is 4.79 Å². The lowest BCUT2D eigenvalue weighted by Gasteiger charge is -2.32. The summed E-state index contributed by atoms with van der Waals surface area (Å²) < 4.78 is 27.6. The van der Waals surface area contributed by atoms with Gasteiger partial charge in [0, 0.05) is 6.54 Å². The van der Waals surface area contributed by atoms with Gasteiger partial charge in [-0.15, -0.1) is 12.4 Å². The lowest BCUT2D eigenvalue weighted by molar-refractivity contribution is -0.126. The van der Waals surface area contributed by atoms with Crippen LogP contribution in [0, 0.1) is 17.0 Å². The first-order valence-electron chi connectivity index (χ1n) is 6.61. The van der Waals surface area contributed by atoms with Crippen molar-refractivity contribution in [3.63, 3.8) is 0 Å². The van der Waals surface area contributed by atoms with Crippen LogP contribution in [0.5, 0.6) is 0 Å². The molecule has 0 aromatic heterocycles. The maximum Gasteiger partial charge on any atom is 0.233 e. The predicted octanol–water partition coefficient (Wildman–Crippen LogP) is 2.49. The van der Waals surface area contributed by atoms with E-state index in [1.165, 1.54) is 23.1 Å². The van der Waals surface area contributed by atoms with E-state index >= 15 is 0 Å². The highest BCUT2D eigenvalue weighted by atomic mass is 35.5. The van der Waals surface area contributed by atoms with Crippen LogP contribution in [0.3, 0.4) is 0 Å². The van der Waals surface area contributed by atoms with E-state index in [4.69, 9.17) is 0 Å². The van der Waals surface area contributed by atoms with Crippen LogP contribution in [-0.4, -0.2) is 25.5 Å². The van der Waals surface area contributed by atoms with Crippen LogP contribution < -0.4 is 10.2 Å². The quantitative estimate of drug-likeness (QED) is 0.864. The van der Waals surface area contributed by atoms with Crippen molar-refractivity contribution < 1.29 is 13.6 Å². The molecule has 6 heteroatoms. The molecule has 0 aliphatic carbocycles. The number of nitrogens with one attached hydrogen (secondary N) is 1. The van der Waals surface area contributed by atoms with Crippen molar-refractivity contribution in [3.8, 4) is 0 Å². The van der Waals surface area contributed by atoms with Gasteiger partial charge in [0.25, 0.3) is 0 Å². The van der Waals surface area contributed by atoms with E-state index in [0.29, 0.717) is 13.0 Å².